The van der Waals surface area contributed by atoms with E-state index >= 15 is 0 Å². The van der Waals surface area contributed by atoms with E-state index in [4.69, 9.17) is 0 Å². The second-order valence-corrected chi connectivity index (χ2v) is 5.82. The molecule has 1 aromatic carbocycles. The Morgan fingerprint density at radius 2 is 2.10 bits per heavy atom. The molecule has 0 saturated carbocycles. The number of nitrogens with zero attached hydrogens (tertiary/aromatic N) is 3. The Balaban J connectivity index is 1.65. The summed E-state index contributed by atoms with van der Waals surface area (Å²) in [6.07, 6.45) is 6.55. The first-order valence-electron chi connectivity index (χ1n) is 7.78. The zero-order valence-electron chi connectivity index (χ0n) is 12.7. The highest BCUT2D eigenvalue weighted by Crippen LogP contribution is 2.14. The van der Waals surface area contributed by atoms with Crippen molar-refractivity contribution < 1.29 is 0 Å². The molecule has 0 spiro atoms. The van der Waals surface area contributed by atoms with E-state index in [0.717, 1.165) is 25.5 Å². The van der Waals surface area contributed by atoms with Crippen LogP contribution < -0.4 is 5.32 Å². The summed E-state index contributed by atoms with van der Waals surface area (Å²) < 4.78 is 2.26. The third kappa shape index (κ3) is 3.71. The largest absolute Gasteiger partial charge is 0.329 e. The van der Waals surface area contributed by atoms with Gasteiger partial charge in [0.1, 0.15) is 5.82 Å². The molecule has 4 nitrogen and oxygen atoms in total. The van der Waals surface area contributed by atoms with Crippen molar-refractivity contribution in [3.8, 4) is 0 Å². The predicted molar refractivity (Wildman–Crippen MR) is 85.1 cm³/mol. The molecule has 1 aromatic heterocycles. The minimum Gasteiger partial charge on any atom is -0.329 e. The van der Waals surface area contributed by atoms with E-state index in [1.807, 2.05) is 6.20 Å². The van der Waals surface area contributed by atoms with Gasteiger partial charge in [0.05, 0.1) is 6.54 Å². The van der Waals surface area contributed by atoms with Gasteiger partial charge in [-0.05, 0) is 32.0 Å². The van der Waals surface area contributed by atoms with Crippen molar-refractivity contribution in [2.24, 2.45) is 0 Å². The molecule has 3 rings (SSSR count). The monoisotopic (exact) mass is 284 g/mol. The number of hydrogen-bond donors (Lipinski definition) is 1. The van der Waals surface area contributed by atoms with Crippen LogP contribution in [0.15, 0.2) is 42.7 Å². The van der Waals surface area contributed by atoms with Crippen molar-refractivity contribution in [1.82, 2.24) is 19.8 Å². The third-order valence-electron chi connectivity index (χ3n) is 4.28. The van der Waals surface area contributed by atoms with Gasteiger partial charge < -0.3 is 9.88 Å². The average Bonchev–Trinajstić information content (AvgIpc) is 2.95. The first kappa shape index (κ1) is 14.3. The van der Waals surface area contributed by atoms with Gasteiger partial charge in [-0.2, -0.15) is 0 Å². The molecule has 0 amide bonds. The summed E-state index contributed by atoms with van der Waals surface area (Å²) in [6.45, 7) is 4.14. The van der Waals surface area contributed by atoms with Gasteiger partial charge in [0.2, 0.25) is 0 Å². The zero-order chi connectivity index (χ0) is 14.5. The number of likely N-dealkylation sites (tertiary alicyclic amines) is 1. The fourth-order valence-corrected chi connectivity index (χ4v) is 3.05. The number of aromatic nitrogens is 2. The molecular formula is C17H24N4. The van der Waals surface area contributed by atoms with Crippen LogP contribution in [0.1, 0.15) is 24.2 Å². The minimum absolute atomic E-state index is 0.622. The Bertz CT molecular complexity index is 549. The second kappa shape index (κ2) is 6.87. The first-order chi connectivity index (χ1) is 10.3. The number of benzene rings is 1. The first-order valence-corrected chi connectivity index (χ1v) is 7.78. The fourth-order valence-electron chi connectivity index (χ4n) is 3.05. The number of nitrogens with one attached hydrogen (secondary N) is 1. The number of rotatable bonds is 5. The zero-order valence-corrected chi connectivity index (χ0v) is 12.7. The molecule has 1 unspecified atom stereocenters. The van der Waals surface area contributed by atoms with E-state index < -0.39 is 0 Å². The highest BCUT2D eigenvalue weighted by molar-refractivity contribution is 5.15. The van der Waals surface area contributed by atoms with Gasteiger partial charge in [0.25, 0.3) is 0 Å². The van der Waals surface area contributed by atoms with Crippen LogP contribution >= 0.6 is 0 Å². The van der Waals surface area contributed by atoms with E-state index in [9.17, 15) is 0 Å². The van der Waals surface area contributed by atoms with Crippen molar-refractivity contribution in [1.29, 1.82) is 0 Å². The number of hydrogen-bond acceptors (Lipinski definition) is 3. The molecule has 4 heteroatoms. The molecule has 1 aliphatic heterocycles. The normalized spacial score (nSPS) is 19.8. The van der Waals surface area contributed by atoms with Gasteiger partial charge in [0, 0.05) is 31.5 Å². The van der Waals surface area contributed by atoms with Crippen LogP contribution in [0.3, 0.4) is 0 Å². The summed E-state index contributed by atoms with van der Waals surface area (Å²) in [6, 6.07) is 11.2. The highest BCUT2D eigenvalue weighted by atomic mass is 15.2. The van der Waals surface area contributed by atoms with E-state index in [-0.39, 0.29) is 0 Å². The van der Waals surface area contributed by atoms with Crippen molar-refractivity contribution in [2.45, 2.75) is 32.0 Å². The van der Waals surface area contributed by atoms with Crippen LogP contribution in [-0.2, 0) is 13.1 Å². The minimum atomic E-state index is 0.622. The van der Waals surface area contributed by atoms with Crippen molar-refractivity contribution >= 4 is 0 Å². The molecular weight excluding hydrogens is 260 g/mol. The Hall–Kier alpha value is -1.65. The molecule has 1 saturated heterocycles. The summed E-state index contributed by atoms with van der Waals surface area (Å²) in [7, 11) is 2.06. The molecule has 0 bridgehead atoms. The standard InChI is InChI=1S/C17H24N4/c1-18-16-8-5-10-20(13-16)14-17-19-9-11-21(17)12-15-6-3-2-4-7-15/h2-4,6-7,9,11,16,18H,5,8,10,12-14H2,1H3. The molecule has 1 N–H and O–H groups in total. The van der Waals surface area contributed by atoms with Crippen LogP contribution in [0, 0.1) is 0 Å². The van der Waals surface area contributed by atoms with Crippen molar-refractivity contribution in [2.75, 3.05) is 20.1 Å². The van der Waals surface area contributed by atoms with Gasteiger partial charge >= 0.3 is 0 Å². The molecule has 112 valence electrons. The van der Waals surface area contributed by atoms with Gasteiger partial charge in [0.15, 0.2) is 0 Å². The molecule has 2 heterocycles. The summed E-state index contributed by atoms with van der Waals surface area (Å²) in [5, 5.41) is 3.40. The number of piperidine rings is 1. The Labute approximate surface area is 126 Å². The number of likely N-dealkylation sites (N-methyl/N-ethyl adjacent to an activating group) is 1. The lowest BCUT2D eigenvalue weighted by molar-refractivity contribution is 0.182. The lowest BCUT2D eigenvalue weighted by Crippen LogP contribution is -2.44. The summed E-state index contributed by atoms with van der Waals surface area (Å²) in [4.78, 5) is 7.07. The van der Waals surface area contributed by atoms with Gasteiger partial charge in [-0.1, -0.05) is 30.3 Å². The highest BCUT2D eigenvalue weighted by Gasteiger charge is 2.19. The summed E-state index contributed by atoms with van der Waals surface area (Å²) in [5.41, 5.74) is 1.32. The molecule has 1 aliphatic rings. The van der Waals surface area contributed by atoms with E-state index in [1.54, 1.807) is 0 Å². The lowest BCUT2D eigenvalue weighted by atomic mass is 10.1. The van der Waals surface area contributed by atoms with E-state index in [2.05, 4.69) is 63.3 Å². The maximum absolute atomic E-state index is 4.56. The molecule has 0 radical (unpaired) electrons. The van der Waals surface area contributed by atoms with Crippen LogP contribution in [0.25, 0.3) is 0 Å². The van der Waals surface area contributed by atoms with Crippen LogP contribution in [-0.4, -0.2) is 40.6 Å². The second-order valence-electron chi connectivity index (χ2n) is 5.82. The van der Waals surface area contributed by atoms with Crippen molar-refractivity contribution in [3.63, 3.8) is 0 Å². The van der Waals surface area contributed by atoms with Crippen LogP contribution in [0.4, 0.5) is 0 Å². The number of imidazole rings is 1. The van der Waals surface area contributed by atoms with Crippen LogP contribution in [0.5, 0.6) is 0 Å². The molecule has 21 heavy (non-hydrogen) atoms. The van der Waals surface area contributed by atoms with E-state index in [1.165, 1.54) is 24.9 Å². The Kier molecular flexibility index (Phi) is 4.68. The lowest BCUT2D eigenvalue weighted by Gasteiger charge is -2.32. The maximum atomic E-state index is 4.56. The fraction of sp³-hybridized carbons (Fsp3) is 0.471. The molecule has 1 atom stereocenters. The quantitative estimate of drug-likeness (QED) is 0.913. The van der Waals surface area contributed by atoms with Gasteiger partial charge in [-0.15, -0.1) is 0 Å². The predicted octanol–water partition coefficient (Wildman–Crippen LogP) is 2.12. The topological polar surface area (TPSA) is 33.1 Å². The smallest absolute Gasteiger partial charge is 0.123 e. The average molecular weight is 284 g/mol. The SMILES string of the molecule is CNC1CCCN(Cc2nccn2Cc2ccccc2)C1. The van der Waals surface area contributed by atoms with Crippen LogP contribution in [0.2, 0.25) is 0 Å². The molecule has 0 aliphatic carbocycles. The summed E-state index contributed by atoms with van der Waals surface area (Å²) >= 11 is 0. The third-order valence-corrected chi connectivity index (χ3v) is 4.28. The Morgan fingerprint density at radius 3 is 2.90 bits per heavy atom. The van der Waals surface area contributed by atoms with E-state index in [0.29, 0.717) is 6.04 Å². The molecule has 1 fully saturated rings. The van der Waals surface area contributed by atoms with Crippen molar-refractivity contribution in [3.05, 3.63) is 54.1 Å². The maximum Gasteiger partial charge on any atom is 0.123 e. The summed E-state index contributed by atoms with van der Waals surface area (Å²) in [5.74, 6) is 1.16. The van der Waals surface area contributed by atoms with Gasteiger partial charge in [-0.25, -0.2) is 4.98 Å². The molecule has 2 aromatic rings. The van der Waals surface area contributed by atoms with Gasteiger partial charge in [-0.3, -0.25) is 4.90 Å². The Morgan fingerprint density at radius 1 is 1.24 bits per heavy atom.